The fourth-order valence-electron chi connectivity index (χ4n) is 1.51. The van der Waals surface area contributed by atoms with Gasteiger partial charge < -0.3 is 14.4 Å². The van der Waals surface area contributed by atoms with Gasteiger partial charge in [-0.05, 0) is 12.1 Å². The van der Waals surface area contributed by atoms with Crippen molar-refractivity contribution in [1.82, 2.24) is 0 Å². The first-order chi connectivity index (χ1) is 7.27. The number of hydrogen-bond donors (Lipinski definition) is 1. The molecule has 1 heterocycles. The zero-order valence-corrected chi connectivity index (χ0v) is 8.10. The molecule has 0 spiro atoms. The predicted molar refractivity (Wildman–Crippen MR) is 50.3 cm³/mol. The van der Waals surface area contributed by atoms with E-state index in [0.717, 1.165) is 0 Å². The van der Waals surface area contributed by atoms with Gasteiger partial charge in [-0.1, -0.05) is 6.07 Å². The van der Waals surface area contributed by atoms with Gasteiger partial charge in [0.2, 0.25) is 5.75 Å². The standard InChI is InChI=1S/C10H10O5/c1-13-8-5-14-10-6(9(8)11)3-2-4-7(10)15-12/h2-4,8,12H,5H2,1H3. The van der Waals surface area contributed by atoms with Crippen LogP contribution in [0.1, 0.15) is 10.4 Å². The van der Waals surface area contributed by atoms with Crippen LogP contribution in [0.15, 0.2) is 18.2 Å². The molecule has 2 rings (SSSR count). The number of ether oxygens (including phenoxy) is 2. The lowest BCUT2D eigenvalue weighted by Gasteiger charge is -2.23. The van der Waals surface area contributed by atoms with Crippen LogP contribution < -0.4 is 9.62 Å². The second-order valence-corrected chi connectivity index (χ2v) is 3.12. The molecule has 0 saturated heterocycles. The summed E-state index contributed by atoms with van der Waals surface area (Å²) in [5.74, 6) is 0.228. The smallest absolute Gasteiger partial charge is 0.207 e. The van der Waals surface area contributed by atoms with Gasteiger partial charge in [0.05, 0.1) is 5.56 Å². The van der Waals surface area contributed by atoms with E-state index in [4.69, 9.17) is 14.7 Å². The summed E-state index contributed by atoms with van der Waals surface area (Å²) in [7, 11) is 1.45. The SMILES string of the molecule is COC1COc2c(OO)cccc2C1=O. The molecule has 0 saturated carbocycles. The average Bonchev–Trinajstić information content (AvgIpc) is 2.29. The molecule has 1 aliphatic heterocycles. The van der Waals surface area contributed by atoms with E-state index in [-0.39, 0.29) is 23.9 Å². The van der Waals surface area contributed by atoms with Crippen molar-refractivity contribution in [3.05, 3.63) is 23.8 Å². The van der Waals surface area contributed by atoms with E-state index in [9.17, 15) is 4.79 Å². The van der Waals surface area contributed by atoms with Crippen LogP contribution >= 0.6 is 0 Å². The monoisotopic (exact) mass is 210 g/mol. The minimum absolute atomic E-state index is 0.128. The number of benzene rings is 1. The molecule has 1 aliphatic rings. The van der Waals surface area contributed by atoms with E-state index in [1.54, 1.807) is 12.1 Å². The lowest BCUT2D eigenvalue weighted by Crippen LogP contribution is -2.34. The van der Waals surface area contributed by atoms with E-state index in [2.05, 4.69) is 4.89 Å². The number of methoxy groups -OCH3 is 1. The number of Topliss-reactive ketones (excluding diaryl/α,β-unsaturated/α-hetero) is 1. The Kier molecular flexibility index (Phi) is 2.57. The van der Waals surface area contributed by atoms with E-state index in [1.165, 1.54) is 13.2 Å². The Labute approximate surface area is 86.1 Å². The van der Waals surface area contributed by atoms with Crippen LogP contribution in [0.2, 0.25) is 0 Å². The Balaban J connectivity index is 2.45. The normalized spacial score (nSPS) is 19.3. The third-order valence-corrected chi connectivity index (χ3v) is 2.30. The summed E-state index contributed by atoms with van der Waals surface area (Å²) in [6, 6.07) is 4.72. The molecule has 15 heavy (non-hydrogen) atoms. The summed E-state index contributed by atoms with van der Waals surface area (Å²) in [6.45, 7) is 0.128. The van der Waals surface area contributed by atoms with E-state index in [1.807, 2.05) is 0 Å². The molecule has 0 amide bonds. The highest BCUT2D eigenvalue weighted by molar-refractivity contribution is 6.03. The van der Waals surface area contributed by atoms with E-state index in [0.29, 0.717) is 5.56 Å². The van der Waals surface area contributed by atoms with Gasteiger partial charge in [-0.25, -0.2) is 5.26 Å². The van der Waals surface area contributed by atoms with Gasteiger partial charge in [-0.3, -0.25) is 4.79 Å². The third kappa shape index (κ3) is 1.55. The Hall–Kier alpha value is -1.59. The number of para-hydroxylation sites is 1. The summed E-state index contributed by atoms with van der Waals surface area (Å²) in [5.41, 5.74) is 0.361. The van der Waals surface area contributed by atoms with Gasteiger partial charge in [-0.15, -0.1) is 0 Å². The first-order valence-corrected chi connectivity index (χ1v) is 4.42. The van der Waals surface area contributed by atoms with Gasteiger partial charge >= 0.3 is 0 Å². The number of fused-ring (bicyclic) bond motifs is 1. The molecule has 5 nitrogen and oxygen atoms in total. The summed E-state index contributed by atoms with van der Waals surface area (Å²) in [5, 5.41) is 8.58. The highest BCUT2D eigenvalue weighted by Gasteiger charge is 2.30. The molecule has 0 aromatic heterocycles. The van der Waals surface area contributed by atoms with Crippen LogP contribution in [-0.4, -0.2) is 30.9 Å². The number of rotatable bonds is 2. The first-order valence-electron chi connectivity index (χ1n) is 4.42. The molecule has 1 atom stereocenters. The number of hydrogen-bond acceptors (Lipinski definition) is 5. The van der Waals surface area contributed by atoms with Crippen LogP contribution in [0.4, 0.5) is 0 Å². The molecule has 1 unspecified atom stereocenters. The van der Waals surface area contributed by atoms with Gasteiger partial charge in [0.1, 0.15) is 6.61 Å². The third-order valence-electron chi connectivity index (χ3n) is 2.30. The molecule has 1 aromatic rings. The van der Waals surface area contributed by atoms with E-state index < -0.39 is 6.10 Å². The summed E-state index contributed by atoms with van der Waals surface area (Å²) in [6.07, 6.45) is -0.591. The van der Waals surface area contributed by atoms with Crippen molar-refractivity contribution in [2.75, 3.05) is 13.7 Å². The zero-order valence-electron chi connectivity index (χ0n) is 8.10. The quantitative estimate of drug-likeness (QED) is 0.585. The van der Waals surface area contributed by atoms with Crippen molar-refractivity contribution in [3.63, 3.8) is 0 Å². The molecule has 1 aromatic carbocycles. The molecule has 80 valence electrons. The lowest BCUT2D eigenvalue weighted by molar-refractivity contribution is -0.139. The Bertz CT molecular complexity index is 387. The number of carbonyl (C=O) groups excluding carboxylic acids is 1. The molecule has 0 radical (unpaired) electrons. The molecule has 1 N–H and O–H groups in total. The van der Waals surface area contributed by atoms with Crippen LogP contribution in [0, 0.1) is 0 Å². The Morgan fingerprint density at radius 1 is 1.53 bits per heavy atom. The second-order valence-electron chi connectivity index (χ2n) is 3.12. The van der Waals surface area contributed by atoms with Crippen LogP contribution in [0.5, 0.6) is 11.5 Å². The second kappa shape index (κ2) is 3.88. The maximum absolute atomic E-state index is 11.8. The lowest BCUT2D eigenvalue weighted by atomic mass is 10.0. The van der Waals surface area contributed by atoms with Crippen molar-refractivity contribution < 1.29 is 24.4 Å². The topological polar surface area (TPSA) is 65.0 Å². The van der Waals surface area contributed by atoms with Crippen molar-refractivity contribution in [3.8, 4) is 11.5 Å². The van der Waals surface area contributed by atoms with Gasteiger partial charge in [0, 0.05) is 7.11 Å². The first kappa shape index (κ1) is 9.95. The maximum Gasteiger partial charge on any atom is 0.207 e. The van der Waals surface area contributed by atoms with E-state index >= 15 is 0 Å². The fraction of sp³-hybridized carbons (Fsp3) is 0.300. The van der Waals surface area contributed by atoms with Crippen molar-refractivity contribution >= 4 is 5.78 Å². The van der Waals surface area contributed by atoms with Crippen molar-refractivity contribution in [1.29, 1.82) is 0 Å². The van der Waals surface area contributed by atoms with Gasteiger partial charge in [0.15, 0.2) is 17.6 Å². The average molecular weight is 210 g/mol. The molecular formula is C10H10O5. The summed E-state index contributed by atoms with van der Waals surface area (Å²) < 4.78 is 10.2. The number of carbonyl (C=O) groups is 1. The molecule has 0 bridgehead atoms. The minimum Gasteiger partial charge on any atom is -0.486 e. The summed E-state index contributed by atoms with van der Waals surface area (Å²) >= 11 is 0. The highest BCUT2D eigenvalue weighted by atomic mass is 17.1. The molecule has 5 heteroatoms. The van der Waals surface area contributed by atoms with Gasteiger partial charge in [-0.2, -0.15) is 0 Å². The van der Waals surface area contributed by atoms with Crippen molar-refractivity contribution in [2.45, 2.75) is 6.10 Å². The van der Waals surface area contributed by atoms with Crippen LogP contribution in [0.3, 0.4) is 0 Å². The van der Waals surface area contributed by atoms with Crippen molar-refractivity contribution in [2.24, 2.45) is 0 Å². The molecule has 0 fully saturated rings. The predicted octanol–water partition coefficient (Wildman–Crippen LogP) is 1.13. The minimum atomic E-state index is -0.591. The van der Waals surface area contributed by atoms with Gasteiger partial charge in [0.25, 0.3) is 0 Å². The molecular weight excluding hydrogens is 200 g/mol. The maximum atomic E-state index is 11.8. The Morgan fingerprint density at radius 3 is 3.00 bits per heavy atom. The molecule has 0 aliphatic carbocycles. The Morgan fingerprint density at radius 2 is 2.33 bits per heavy atom. The number of ketones is 1. The fourth-order valence-corrected chi connectivity index (χ4v) is 1.51. The van der Waals surface area contributed by atoms with Crippen LogP contribution in [-0.2, 0) is 4.74 Å². The highest BCUT2D eigenvalue weighted by Crippen LogP contribution is 2.34. The largest absolute Gasteiger partial charge is 0.486 e. The van der Waals surface area contributed by atoms with Crippen LogP contribution in [0.25, 0.3) is 0 Å². The summed E-state index contributed by atoms with van der Waals surface area (Å²) in [4.78, 5) is 15.9. The zero-order chi connectivity index (χ0) is 10.8.